The SMILES string of the molecule is COc1ccc(NC(=O)NCCc2cscn2)c2ccccc12. The molecule has 1 aromatic heterocycles. The molecule has 0 bridgehead atoms. The number of carbonyl (C=O) groups is 1. The van der Waals surface area contributed by atoms with Crippen LogP contribution in [-0.2, 0) is 6.42 Å². The van der Waals surface area contributed by atoms with Crippen LogP contribution in [0.2, 0.25) is 0 Å². The minimum absolute atomic E-state index is 0.226. The van der Waals surface area contributed by atoms with Gasteiger partial charge in [-0.15, -0.1) is 11.3 Å². The van der Waals surface area contributed by atoms with E-state index in [1.165, 1.54) is 0 Å². The minimum Gasteiger partial charge on any atom is -0.496 e. The lowest BCUT2D eigenvalue weighted by molar-refractivity contribution is 0.252. The van der Waals surface area contributed by atoms with Crippen LogP contribution in [0.4, 0.5) is 10.5 Å². The maximum atomic E-state index is 12.1. The lowest BCUT2D eigenvalue weighted by Crippen LogP contribution is -2.30. The van der Waals surface area contributed by atoms with Gasteiger partial charge in [-0.2, -0.15) is 0 Å². The summed E-state index contributed by atoms with van der Waals surface area (Å²) in [7, 11) is 1.64. The molecule has 3 rings (SSSR count). The van der Waals surface area contributed by atoms with E-state index in [2.05, 4.69) is 15.6 Å². The van der Waals surface area contributed by atoms with Crippen molar-refractivity contribution < 1.29 is 9.53 Å². The first-order valence-corrected chi connectivity index (χ1v) is 8.20. The zero-order chi connectivity index (χ0) is 16.1. The lowest BCUT2D eigenvalue weighted by atomic mass is 10.1. The predicted molar refractivity (Wildman–Crippen MR) is 93.3 cm³/mol. The van der Waals surface area contributed by atoms with E-state index in [4.69, 9.17) is 4.74 Å². The van der Waals surface area contributed by atoms with Crippen LogP contribution < -0.4 is 15.4 Å². The standard InChI is InChI=1S/C17H17N3O2S/c1-22-16-7-6-15(13-4-2-3-5-14(13)16)20-17(21)18-9-8-12-10-23-11-19-12/h2-7,10-11H,8-9H2,1H3,(H2,18,20,21). The zero-order valence-electron chi connectivity index (χ0n) is 12.7. The van der Waals surface area contributed by atoms with Crippen LogP contribution in [0.3, 0.4) is 0 Å². The molecule has 2 amide bonds. The number of anilines is 1. The number of hydrogen-bond donors (Lipinski definition) is 2. The summed E-state index contributed by atoms with van der Waals surface area (Å²) in [6.07, 6.45) is 0.723. The second kappa shape index (κ2) is 7.11. The summed E-state index contributed by atoms with van der Waals surface area (Å²) in [5, 5.41) is 9.64. The van der Waals surface area contributed by atoms with Gasteiger partial charge in [0.25, 0.3) is 0 Å². The van der Waals surface area contributed by atoms with E-state index in [1.807, 2.05) is 41.8 Å². The summed E-state index contributed by atoms with van der Waals surface area (Å²) in [5.41, 5.74) is 3.54. The Labute approximate surface area is 138 Å². The normalized spacial score (nSPS) is 10.5. The number of hydrogen-bond acceptors (Lipinski definition) is 4. The van der Waals surface area contributed by atoms with Gasteiger partial charge in [0.2, 0.25) is 0 Å². The molecule has 0 aliphatic carbocycles. The van der Waals surface area contributed by atoms with Crippen molar-refractivity contribution >= 4 is 33.8 Å². The number of carbonyl (C=O) groups excluding carboxylic acids is 1. The number of nitrogens with zero attached hydrogens (tertiary/aromatic N) is 1. The number of benzene rings is 2. The molecule has 0 aliphatic rings. The van der Waals surface area contributed by atoms with Crippen molar-refractivity contribution in [2.75, 3.05) is 19.0 Å². The molecule has 0 spiro atoms. The third-order valence-electron chi connectivity index (χ3n) is 3.50. The van der Waals surface area contributed by atoms with E-state index in [0.717, 1.165) is 34.3 Å². The Morgan fingerprint density at radius 3 is 2.78 bits per heavy atom. The van der Waals surface area contributed by atoms with E-state index < -0.39 is 0 Å². The second-order valence-electron chi connectivity index (χ2n) is 4.97. The number of nitrogens with one attached hydrogen (secondary N) is 2. The predicted octanol–water partition coefficient (Wildman–Crippen LogP) is 3.67. The van der Waals surface area contributed by atoms with Crippen LogP contribution >= 0.6 is 11.3 Å². The molecule has 0 saturated carbocycles. The van der Waals surface area contributed by atoms with Gasteiger partial charge in [-0.1, -0.05) is 24.3 Å². The van der Waals surface area contributed by atoms with Crippen molar-refractivity contribution in [1.82, 2.24) is 10.3 Å². The Morgan fingerprint density at radius 2 is 2.04 bits per heavy atom. The van der Waals surface area contributed by atoms with Crippen LogP contribution in [0.1, 0.15) is 5.69 Å². The van der Waals surface area contributed by atoms with E-state index in [9.17, 15) is 4.79 Å². The lowest BCUT2D eigenvalue weighted by Gasteiger charge is -2.12. The highest BCUT2D eigenvalue weighted by atomic mass is 32.1. The van der Waals surface area contributed by atoms with Gasteiger partial charge in [0.05, 0.1) is 24.0 Å². The van der Waals surface area contributed by atoms with Crippen molar-refractivity contribution in [1.29, 1.82) is 0 Å². The Bertz CT molecular complexity index is 803. The maximum Gasteiger partial charge on any atom is 0.319 e. The van der Waals surface area contributed by atoms with E-state index in [-0.39, 0.29) is 6.03 Å². The third kappa shape index (κ3) is 3.60. The van der Waals surface area contributed by atoms with Crippen LogP contribution in [0.5, 0.6) is 5.75 Å². The molecule has 2 N–H and O–H groups in total. The molecule has 23 heavy (non-hydrogen) atoms. The van der Waals surface area contributed by atoms with Gasteiger partial charge in [-0.25, -0.2) is 9.78 Å². The molecule has 0 fully saturated rings. The summed E-state index contributed by atoms with van der Waals surface area (Å²) in [5.74, 6) is 0.787. The van der Waals surface area contributed by atoms with Gasteiger partial charge in [0.1, 0.15) is 5.75 Å². The van der Waals surface area contributed by atoms with E-state index >= 15 is 0 Å². The average Bonchev–Trinajstić information content (AvgIpc) is 3.08. The molecule has 118 valence electrons. The number of rotatable bonds is 5. The first-order chi connectivity index (χ1) is 11.3. The molecule has 0 aliphatic heterocycles. The van der Waals surface area contributed by atoms with Gasteiger partial charge < -0.3 is 15.4 Å². The third-order valence-corrected chi connectivity index (χ3v) is 4.14. The second-order valence-corrected chi connectivity index (χ2v) is 5.69. The first-order valence-electron chi connectivity index (χ1n) is 7.25. The van der Waals surface area contributed by atoms with Crippen molar-refractivity contribution in [2.24, 2.45) is 0 Å². The van der Waals surface area contributed by atoms with E-state index in [1.54, 1.807) is 24.0 Å². The summed E-state index contributed by atoms with van der Waals surface area (Å²) < 4.78 is 5.36. The number of thiazole rings is 1. The number of aromatic nitrogens is 1. The topological polar surface area (TPSA) is 63.2 Å². The highest BCUT2D eigenvalue weighted by Gasteiger charge is 2.08. The number of urea groups is 1. The number of ether oxygens (including phenoxy) is 1. The van der Waals surface area contributed by atoms with Gasteiger partial charge in [-0.3, -0.25) is 0 Å². The molecule has 2 aromatic carbocycles. The number of methoxy groups -OCH3 is 1. The van der Waals surface area contributed by atoms with Gasteiger partial charge in [-0.05, 0) is 12.1 Å². The van der Waals surface area contributed by atoms with Crippen molar-refractivity contribution in [3.8, 4) is 5.75 Å². The summed E-state index contributed by atoms with van der Waals surface area (Å²) in [6.45, 7) is 0.545. The molecular weight excluding hydrogens is 310 g/mol. The fourth-order valence-electron chi connectivity index (χ4n) is 2.39. The summed E-state index contributed by atoms with van der Waals surface area (Å²) >= 11 is 1.55. The van der Waals surface area contributed by atoms with Crippen molar-refractivity contribution in [3.05, 3.63) is 53.0 Å². The van der Waals surface area contributed by atoms with Crippen LogP contribution in [0.15, 0.2) is 47.3 Å². The van der Waals surface area contributed by atoms with Gasteiger partial charge in [0.15, 0.2) is 0 Å². The fraction of sp³-hybridized carbons (Fsp3) is 0.176. The first kappa shape index (κ1) is 15.3. The molecule has 6 heteroatoms. The van der Waals surface area contributed by atoms with Crippen LogP contribution in [-0.4, -0.2) is 24.7 Å². The Kier molecular flexibility index (Phi) is 4.73. The maximum absolute atomic E-state index is 12.1. The zero-order valence-corrected chi connectivity index (χ0v) is 13.5. The average molecular weight is 327 g/mol. The number of amides is 2. The molecule has 0 atom stereocenters. The summed E-state index contributed by atoms with van der Waals surface area (Å²) in [4.78, 5) is 16.3. The molecule has 0 unspecified atom stereocenters. The molecule has 0 saturated heterocycles. The molecule has 5 nitrogen and oxygen atoms in total. The Balaban J connectivity index is 1.67. The molecular formula is C17H17N3O2S. The molecule has 0 radical (unpaired) electrons. The minimum atomic E-state index is -0.226. The monoisotopic (exact) mass is 327 g/mol. The Hall–Kier alpha value is -2.60. The van der Waals surface area contributed by atoms with Crippen molar-refractivity contribution in [3.63, 3.8) is 0 Å². The van der Waals surface area contributed by atoms with Crippen LogP contribution in [0.25, 0.3) is 10.8 Å². The van der Waals surface area contributed by atoms with Crippen LogP contribution in [0, 0.1) is 0 Å². The largest absolute Gasteiger partial charge is 0.496 e. The smallest absolute Gasteiger partial charge is 0.319 e. The Morgan fingerprint density at radius 1 is 1.22 bits per heavy atom. The van der Waals surface area contributed by atoms with Gasteiger partial charge in [0, 0.05) is 29.1 Å². The molecule has 1 heterocycles. The highest BCUT2D eigenvalue weighted by Crippen LogP contribution is 2.31. The molecule has 3 aromatic rings. The van der Waals surface area contributed by atoms with Gasteiger partial charge >= 0.3 is 6.03 Å². The van der Waals surface area contributed by atoms with E-state index in [0.29, 0.717) is 6.54 Å². The fourth-order valence-corrected chi connectivity index (χ4v) is 2.98. The van der Waals surface area contributed by atoms with Crippen molar-refractivity contribution in [2.45, 2.75) is 6.42 Å². The quantitative estimate of drug-likeness (QED) is 0.751. The summed E-state index contributed by atoms with van der Waals surface area (Å²) in [6, 6.07) is 11.3. The highest BCUT2D eigenvalue weighted by molar-refractivity contribution is 7.07. The number of fused-ring (bicyclic) bond motifs is 1.